The van der Waals surface area contributed by atoms with Crippen LogP contribution in [0.4, 0.5) is 0 Å². The predicted molar refractivity (Wildman–Crippen MR) is 82.0 cm³/mol. The summed E-state index contributed by atoms with van der Waals surface area (Å²) in [6.45, 7) is 7.00. The Morgan fingerprint density at radius 1 is 0.944 bits per heavy atom. The molecular formula is C17H35N. The largest absolute Gasteiger partial charge is 0.311 e. The van der Waals surface area contributed by atoms with Crippen LogP contribution in [0.1, 0.15) is 91.4 Å². The smallest absolute Gasteiger partial charge is 0.00695 e. The molecule has 0 heterocycles. The summed E-state index contributed by atoms with van der Waals surface area (Å²) in [5, 5.41) is 3.91. The quantitative estimate of drug-likeness (QED) is 0.466. The van der Waals surface area contributed by atoms with E-state index in [1.165, 1.54) is 70.6 Å². The summed E-state index contributed by atoms with van der Waals surface area (Å²) in [5.41, 5.74) is 0. The molecule has 0 saturated heterocycles. The van der Waals surface area contributed by atoms with E-state index >= 15 is 0 Å². The highest BCUT2D eigenvalue weighted by Gasteiger charge is 2.24. The molecule has 0 aliphatic heterocycles. The second kappa shape index (κ2) is 9.83. The van der Waals surface area contributed by atoms with E-state index in [0.29, 0.717) is 0 Å². The molecule has 108 valence electrons. The molecule has 1 saturated carbocycles. The highest BCUT2D eigenvalue weighted by atomic mass is 14.9. The first kappa shape index (κ1) is 16.0. The van der Waals surface area contributed by atoms with E-state index in [1.54, 1.807) is 0 Å². The predicted octanol–water partition coefficient (Wildman–Crippen LogP) is 5.29. The van der Waals surface area contributed by atoms with Gasteiger partial charge in [-0.1, -0.05) is 65.2 Å². The van der Waals surface area contributed by atoms with Crippen LogP contribution >= 0.6 is 0 Å². The molecule has 1 fully saturated rings. The lowest BCUT2D eigenvalue weighted by Crippen LogP contribution is -2.36. The van der Waals surface area contributed by atoms with Gasteiger partial charge >= 0.3 is 0 Å². The zero-order chi connectivity index (χ0) is 13.2. The lowest BCUT2D eigenvalue weighted by Gasteiger charge is -2.23. The molecule has 0 spiro atoms. The molecule has 1 N–H and O–H groups in total. The van der Waals surface area contributed by atoms with E-state index in [1.807, 2.05) is 0 Å². The van der Waals surface area contributed by atoms with Crippen LogP contribution in [0.3, 0.4) is 0 Å². The van der Waals surface area contributed by atoms with Crippen molar-refractivity contribution < 1.29 is 0 Å². The Labute approximate surface area is 115 Å². The fraction of sp³-hybridized carbons (Fsp3) is 1.00. The van der Waals surface area contributed by atoms with Crippen LogP contribution in [0.5, 0.6) is 0 Å². The molecule has 1 unspecified atom stereocenters. The third-order valence-electron chi connectivity index (χ3n) is 4.22. The maximum Gasteiger partial charge on any atom is 0.00695 e. The zero-order valence-electron chi connectivity index (χ0n) is 13.0. The molecule has 0 bridgehead atoms. The van der Waals surface area contributed by atoms with Crippen molar-refractivity contribution in [1.82, 2.24) is 5.32 Å². The first-order chi connectivity index (χ1) is 8.76. The minimum Gasteiger partial charge on any atom is -0.311 e. The lowest BCUT2D eigenvalue weighted by molar-refractivity contribution is 0.362. The molecule has 0 aromatic heterocycles. The summed E-state index contributed by atoms with van der Waals surface area (Å²) < 4.78 is 0. The number of rotatable bonds is 12. The molecule has 1 aliphatic carbocycles. The van der Waals surface area contributed by atoms with Crippen LogP contribution < -0.4 is 5.32 Å². The molecule has 1 rings (SSSR count). The van der Waals surface area contributed by atoms with Crippen LogP contribution in [-0.2, 0) is 0 Å². The molecule has 0 amide bonds. The Hall–Kier alpha value is -0.0400. The highest BCUT2D eigenvalue weighted by Crippen LogP contribution is 2.33. The Morgan fingerprint density at radius 2 is 1.50 bits per heavy atom. The normalized spacial score (nSPS) is 17.3. The highest BCUT2D eigenvalue weighted by molar-refractivity contribution is 4.80. The van der Waals surface area contributed by atoms with Crippen LogP contribution in [-0.4, -0.2) is 12.1 Å². The minimum absolute atomic E-state index is 0.741. The number of unbranched alkanes of at least 4 members (excludes halogenated alkanes) is 4. The fourth-order valence-electron chi connectivity index (χ4n) is 2.92. The van der Waals surface area contributed by atoms with Crippen molar-refractivity contribution in [2.24, 2.45) is 5.92 Å². The van der Waals surface area contributed by atoms with E-state index in [-0.39, 0.29) is 0 Å². The van der Waals surface area contributed by atoms with E-state index in [0.717, 1.165) is 18.0 Å². The summed E-state index contributed by atoms with van der Waals surface area (Å²) in [5.74, 6) is 1.06. The summed E-state index contributed by atoms with van der Waals surface area (Å²) in [6.07, 6.45) is 15.5. The summed E-state index contributed by atoms with van der Waals surface area (Å²) in [7, 11) is 0. The van der Waals surface area contributed by atoms with Crippen molar-refractivity contribution in [2.45, 2.75) is 103 Å². The van der Waals surface area contributed by atoms with Crippen LogP contribution in [0.2, 0.25) is 0 Å². The monoisotopic (exact) mass is 253 g/mol. The Balaban J connectivity index is 2.17. The van der Waals surface area contributed by atoms with Crippen LogP contribution in [0.25, 0.3) is 0 Å². The van der Waals surface area contributed by atoms with E-state index in [9.17, 15) is 0 Å². The van der Waals surface area contributed by atoms with E-state index < -0.39 is 0 Å². The van der Waals surface area contributed by atoms with Crippen molar-refractivity contribution in [2.75, 3.05) is 0 Å². The van der Waals surface area contributed by atoms with E-state index in [4.69, 9.17) is 0 Å². The Kier molecular flexibility index (Phi) is 8.75. The fourth-order valence-corrected chi connectivity index (χ4v) is 2.92. The van der Waals surface area contributed by atoms with Gasteiger partial charge in [-0.2, -0.15) is 0 Å². The summed E-state index contributed by atoms with van der Waals surface area (Å²) in [4.78, 5) is 0. The van der Waals surface area contributed by atoms with Gasteiger partial charge in [0.25, 0.3) is 0 Å². The van der Waals surface area contributed by atoms with Gasteiger partial charge in [0, 0.05) is 12.1 Å². The maximum absolute atomic E-state index is 3.91. The summed E-state index contributed by atoms with van der Waals surface area (Å²) in [6, 6.07) is 1.53. The van der Waals surface area contributed by atoms with Gasteiger partial charge in [-0.15, -0.1) is 0 Å². The van der Waals surface area contributed by atoms with Gasteiger partial charge in [-0.25, -0.2) is 0 Å². The second-order valence-corrected chi connectivity index (χ2v) is 6.44. The van der Waals surface area contributed by atoms with Gasteiger partial charge in [-0.3, -0.25) is 0 Å². The van der Waals surface area contributed by atoms with Crippen molar-refractivity contribution in [3.63, 3.8) is 0 Å². The molecule has 1 aliphatic rings. The van der Waals surface area contributed by atoms with Crippen molar-refractivity contribution >= 4 is 0 Å². The average molecular weight is 253 g/mol. The molecule has 1 atom stereocenters. The number of nitrogens with one attached hydrogen (secondary N) is 1. The van der Waals surface area contributed by atoms with Gasteiger partial charge < -0.3 is 5.32 Å². The van der Waals surface area contributed by atoms with Gasteiger partial charge in [0.05, 0.1) is 0 Å². The number of hydrogen-bond acceptors (Lipinski definition) is 1. The molecule has 0 radical (unpaired) electrons. The van der Waals surface area contributed by atoms with Crippen molar-refractivity contribution in [3.05, 3.63) is 0 Å². The number of hydrogen-bond donors (Lipinski definition) is 1. The SMILES string of the molecule is CCCCCC(CCCCC)NC(C)CC1CC1. The Morgan fingerprint density at radius 3 is 1.94 bits per heavy atom. The Bertz CT molecular complexity index is 176. The second-order valence-electron chi connectivity index (χ2n) is 6.44. The first-order valence-corrected chi connectivity index (χ1v) is 8.52. The lowest BCUT2D eigenvalue weighted by atomic mass is 10.0. The molecule has 0 aromatic rings. The van der Waals surface area contributed by atoms with Crippen LogP contribution in [0.15, 0.2) is 0 Å². The van der Waals surface area contributed by atoms with Gasteiger partial charge in [0.2, 0.25) is 0 Å². The average Bonchev–Trinajstić information content (AvgIpc) is 3.13. The first-order valence-electron chi connectivity index (χ1n) is 8.52. The van der Waals surface area contributed by atoms with Crippen molar-refractivity contribution in [1.29, 1.82) is 0 Å². The molecule has 1 nitrogen and oxygen atoms in total. The third kappa shape index (κ3) is 8.13. The zero-order valence-corrected chi connectivity index (χ0v) is 13.0. The van der Waals surface area contributed by atoms with Gasteiger partial charge in [0.1, 0.15) is 0 Å². The maximum atomic E-state index is 3.91. The topological polar surface area (TPSA) is 12.0 Å². The van der Waals surface area contributed by atoms with Gasteiger partial charge in [-0.05, 0) is 32.1 Å². The standard InChI is InChI=1S/C17H35N/c1-4-6-8-10-17(11-9-7-5-2)18-15(3)14-16-12-13-16/h15-18H,4-14H2,1-3H3. The van der Waals surface area contributed by atoms with E-state index in [2.05, 4.69) is 26.1 Å². The molecule has 18 heavy (non-hydrogen) atoms. The van der Waals surface area contributed by atoms with Crippen LogP contribution in [0, 0.1) is 5.92 Å². The molecular weight excluding hydrogens is 218 g/mol. The van der Waals surface area contributed by atoms with Gasteiger partial charge in [0.15, 0.2) is 0 Å². The molecule has 1 heteroatoms. The third-order valence-corrected chi connectivity index (χ3v) is 4.22. The minimum atomic E-state index is 0.741. The van der Waals surface area contributed by atoms with Crippen molar-refractivity contribution in [3.8, 4) is 0 Å². The summed E-state index contributed by atoms with van der Waals surface area (Å²) >= 11 is 0. The molecule has 0 aromatic carbocycles.